The number of non-ortho nitro benzene ring substituents is 1. The average Bonchev–Trinajstić information content (AvgIpc) is 2.63. The molecule has 0 N–H and O–H groups in total. The number of hydrogen-bond donors (Lipinski definition) is 0. The molecule has 0 spiro atoms. The van der Waals surface area contributed by atoms with Crippen molar-refractivity contribution in [2.45, 2.75) is 0 Å². The largest absolute Gasteiger partial charge is 0.383 e. The van der Waals surface area contributed by atoms with Crippen LogP contribution < -0.4 is 4.57 Å². The second-order valence-corrected chi connectivity index (χ2v) is 5.25. The summed E-state index contributed by atoms with van der Waals surface area (Å²) in [4.78, 5) is 12.3. The van der Waals surface area contributed by atoms with E-state index in [0.717, 1.165) is 15.2 Å². The van der Waals surface area contributed by atoms with Gasteiger partial charge in [-0.15, -0.1) is 0 Å². The van der Waals surface area contributed by atoms with Crippen molar-refractivity contribution >= 4 is 33.3 Å². The van der Waals surface area contributed by atoms with Crippen molar-refractivity contribution in [1.82, 2.24) is 4.90 Å². The Morgan fingerprint density at radius 3 is 2.78 bits per heavy atom. The van der Waals surface area contributed by atoms with Crippen LogP contribution in [0.3, 0.4) is 0 Å². The number of nitrogens with zero attached hydrogens (tertiary/aromatic N) is 3. The van der Waals surface area contributed by atoms with Crippen molar-refractivity contribution in [2.24, 2.45) is 7.05 Å². The van der Waals surface area contributed by atoms with Crippen molar-refractivity contribution in [1.29, 1.82) is 0 Å². The third-order valence-electron chi connectivity index (χ3n) is 2.58. The molecule has 1 aromatic heterocycles. The summed E-state index contributed by atoms with van der Waals surface area (Å²) in [6.07, 6.45) is 3.95. The summed E-state index contributed by atoms with van der Waals surface area (Å²) in [5.41, 5.74) is 1.14. The summed E-state index contributed by atoms with van der Waals surface area (Å²) in [6.45, 7) is 0. The summed E-state index contributed by atoms with van der Waals surface area (Å²) >= 11 is 1.54. The molecular weight excluding hydrogens is 250 g/mol. The highest BCUT2D eigenvalue weighted by Gasteiger charge is 2.17. The van der Waals surface area contributed by atoms with Crippen molar-refractivity contribution in [3.05, 3.63) is 39.5 Å². The first-order valence-corrected chi connectivity index (χ1v) is 6.22. The average molecular weight is 264 g/mol. The lowest BCUT2D eigenvalue weighted by atomic mass is 10.3. The topological polar surface area (TPSA) is 50.3 Å². The molecule has 1 aromatic carbocycles. The maximum Gasteiger partial charge on any atom is 0.271 e. The third kappa shape index (κ3) is 2.33. The molecule has 0 aliphatic carbocycles. The zero-order chi connectivity index (χ0) is 13.3. The Kier molecular flexibility index (Phi) is 3.29. The van der Waals surface area contributed by atoms with E-state index in [0.29, 0.717) is 0 Å². The standard InChI is InChI=1S/C12H14N3O2S/c1-13(2)7-6-12-14(3)10-5-4-9(15(16)17)8-11(10)18-12/h4-8H,1-3H3/q+1. The van der Waals surface area contributed by atoms with Crippen LogP contribution >= 0.6 is 11.3 Å². The van der Waals surface area contributed by atoms with Crippen molar-refractivity contribution in [3.8, 4) is 0 Å². The number of nitro groups is 1. The van der Waals surface area contributed by atoms with E-state index in [2.05, 4.69) is 0 Å². The fourth-order valence-electron chi connectivity index (χ4n) is 1.63. The lowest BCUT2D eigenvalue weighted by Crippen LogP contribution is -2.28. The van der Waals surface area contributed by atoms with Gasteiger partial charge in [0.2, 0.25) is 5.52 Å². The zero-order valence-corrected chi connectivity index (χ0v) is 11.3. The van der Waals surface area contributed by atoms with Gasteiger partial charge in [0.15, 0.2) is 0 Å². The SMILES string of the molecule is CN(C)/C=C/c1sc2cc([N+](=O)[O-])ccc2[n+]1C. The van der Waals surface area contributed by atoms with Crippen molar-refractivity contribution < 1.29 is 9.49 Å². The molecule has 0 saturated heterocycles. The van der Waals surface area contributed by atoms with Crippen LogP contribution in [0.15, 0.2) is 24.4 Å². The molecule has 0 aliphatic heterocycles. The number of aryl methyl sites for hydroxylation is 1. The van der Waals surface area contributed by atoms with Crippen LogP contribution in [0.5, 0.6) is 0 Å². The molecule has 0 bridgehead atoms. The first-order valence-electron chi connectivity index (χ1n) is 5.40. The quantitative estimate of drug-likeness (QED) is 0.485. The van der Waals surface area contributed by atoms with Crippen molar-refractivity contribution in [2.75, 3.05) is 14.1 Å². The summed E-state index contributed by atoms with van der Waals surface area (Å²) in [7, 11) is 5.86. The van der Waals surface area contributed by atoms with Crippen LogP contribution in [-0.2, 0) is 7.05 Å². The Labute approximate surface area is 109 Å². The number of hydrogen-bond acceptors (Lipinski definition) is 4. The molecule has 2 rings (SSSR count). The van der Waals surface area contributed by atoms with E-state index in [-0.39, 0.29) is 10.6 Å². The van der Waals surface area contributed by atoms with Crippen molar-refractivity contribution in [3.63, 3.8) is 0 Å². The summed E-state index contributed by atoms with van der Waals surface area (Å²) in [6, 6.07) is 4.94. The first-order chi connectivity index (χ1) is 8.49. The van der Waals surface area contributed by atoms with Gasteiger partial charge in [0.25, 0.3) is 10.7 Å². The Bertz CT molecular complexity index is 632. The lowest BCUT2D eigenvalue weighted by Gasteiger charge is -2.00. The highest BCUT2D eigenvalue weighted by Crippen LogP contribution is 2.25. The number of benzene rings is 1. The van der Waals surface area contributed by atoms with E-state index < -0.39 is 0 Å². The molecule has 0 radical (unpaired) electrons. The fraction of sp³-hybridized carbons (Fsp3) is 0.250. The Balaban J connectivity index is 2.52. The molecule has 0 fully saturated rings. The van der Waals surface area contributed by atoms with Crippen LogP contribution in [0.25, 0.3) is 16.3 Å². The number of rotatable bonds is 3. The molecule has 1 heterocycles. The van der Waals surface area contributed by atoms with E-state index in [1.54, 1.807) is 23.5 Å². The number of thiazole rings is 1. The molecule has 5 nitrogen and oxygen atoms in total. The monoisotopic (exact) mass is 264 g/mol. The van der Waals surface area contributed by atoms with Gasteiger partial charge in [0.05, 0.1) is 4.92 Å². The summed E-state index contributed by atoms with van der Waals surface area (Å²) < 4.78 is 2.95. The fourth-order valence-corrected chi connectivity index (χ4v) is 2.71. The number of fused-ring (bicyclic) bond motifs is 1. The third-order valence-corrected chi connectivity index (χ3v) is 3.74. The van der Waals surface area contributed by atoms with Gasteiger partial charge < -0.3 is 4.90 Å². The minimum absolute atomic E-state index is 0.132. The van der Waals surface area contributed by atoms with E-state index in [4.69, 9.17) is 0 Å². The molecule has 6 heteroatoms. The van der Waals surface area contributed by atoms with Gasteiger partial charge in [-0.25, -0.2) is 0 Å². The summed E-state index contributed by atoms with van der Waals surface area (Å²) in [5, 5.41) is 11.8. The maximum atomic E-state index is 10.7. The van der Waals surface area contributed by atoms with Gasteiger partial charge in [0.1, 0.15) is 11.7 Å². The second-order valence-electron chi connectivity index (χ2n) is 4.19. The van der Waals surface area contributed by atoms with E-state index in [9.17, 15) is 10.1 Å². The molecule has 0 saturated carbocycles. The van der Waals surface area contributed by atoms with Gasteiger partial charge in [0, 0.05) is 44.6 Å². The highest BCUT2D eigenvalue weighted by atomic mass is 32.1. The van der Waals surface area contributed by atoms with Crippen LogP contribution in [0.1, 0.15) is 5.01 Å². The summed E-state index contributed by atoms with van der Waals surface area (Å²) in [5.74, 6) is 0. The predicted molar refractivity (Wildman–Crippen MR) is 72.4 cm³/mol. The van der Waals surface area contributed by atoms with Gasteiger partial charge in [-0.2, -0.15) is 4.57 Å². The van der Waals surface area contributed by atoms with E-state index in [1.165, 1.54) is 6.07 Å². The van der Waals surface area contributed by atoms with Gasteiger partial charge in [-0.05, 0) is 0 Å². The van der Waals surface area contributed by atoms with E-state index >= 15 is 0 Å². The predicted octanol–water partition coefficient (Wildman–Crippen LogP) is 2.17. The number of aromatic nitrogens is 1. The van der Waals surface area contributed by atoms with Crippen LogP contribution in [0, 0.1) is 10.1 Å². The smallest absolute Gasteiger partial charge is 0.271 e. The Morgan fingerprint density at radius 1 is 1.44 bits per heavy atom. The second kappa shape index (κ2) is 4.73. The van der Waals surface area contributed by atoms with Gasteiger partial charge in [-0.1, -0.05) is 11.3 Å². The molecule has 18 heavy (non-hydrogen) atoms. The highest BCUT2D eigenvalue weighted by molar-refractivity contribution is 7.18. The maximum absolute atomic E-state index is 10.7. The molecule has 94 valence electrons. The van der Waals surface area contributed by atoms with E-state index in [1.807, 2.05) is 42.9 Å². The Hall–Kier alpha value is -1.95. The lowest BCUT2D eigenvalue weighted by molar-refractivity contribution is -0.642. The number of nitro benzene ring substituents is 1. The molecule has 2 aromatic rings. The minimum atomic E-state index is -0.367. The van der Waals surface area contributed by atoms with Gasteiger partial charge >= 0.3 is 0 Å². The van der Waals surface area contributed by atoms with Crippen LogP contribution in [0.2, 0.25) is 0 Å². The molecule has 0 atom stereocenters. The molecular formula is C12H14N3O2S+. The molecule has 0 amide bonds. The molecule has 0 unspecified atom stereocenters. The van der Waals surface area contributed by atoms with Crippen LogP contribution in [0.4, 0.5) is 5.69 Å². The Morgan fingerprint density at radius 2 is 2.17 bits per heavy atom. The zero-order valence-electron chi connectivity index (χ0n) is 10.5. The first kappa shape index (κ1) is 12.5. The minimum Gasteiger partial charge on any atom is -0.383 e. The van der Waals surface area contributed by atoms with Crippen LogP contribution in [-0.4, -0.2) is 23.9 Å². The molecule has 0 aliphatic rings. The van der Waals surface area contributed by atoms with Gasteiger partial charge in [-0.3, -0.25) is 10.1 Å². The normalized spacial score (nSPS) is 11.3.